The van der Waals surface area contributed by atoms with Gasteiger partial charge in [0.15, 0.2) is 6.04 Å². The topological polar surface area (TPSA) is 41.6 Å². The van der Waals surface area contributed by atoms with Gasteiger partial charge < -0.3 is 15.0 Å². The zero-order chi connectivity index (χ0) is 14.2. The fourth-order valence-corrected chi connectivity index (χ4v) is 3.41. The highest BCUT2D eigenvalue weighted by Crippen LogP contribution is 2.31. The molecule has 2 heterocycles. The van der Waals surface area contributed by atoms with E-state index in [0.29, 0.717) is 6.04 Å². The van der Waals surface area contributed by atoms with Crippen LogP contribution >= 0.6 is 0 Å². The molecular formula is C18H19N2O+. The molecule has 1 aliphatic rings. The fraction of sp³-hybridized carbons (Fsp3) is 0.222. The number of benzene rings is 2. The third kappa shape index (κ3) is 2.01. The molecule has 3 aromatic rings. The molecule has 1 aromatic heterocycles. The average Bonchev–Trinajstić information content (AvgIpc) is 2.93. The van der Waals surface area contributed by atoms with E-state index in [1.165, 1.54) is 27.7 Å². The number of H-pyrrole nitrogens is 1. The first-order valence-electron chi connectivity index (χ1n) is 7.43. The number of para-hydroxylation sites is 1. The Balaban J connectivity index is 1.86. The maximum atomic E-state index is 5.37. The SMILES string of the molecule is COc1cccc([C@@H]2[NH2+]CCc3c2[nH]c2ccccc32)c1. The monoisotopic (exact) mass is 279 g/mol. The van der Waals surface area contributed by atoms with E-state index in [4.69, 9.17) is 4.74 Å². The minimum atomic E-state index is 0.330. The Hall–Kier alpha value is -2.26. The van der Waals surface area contributed by atoms with Crippen LogP contribution < -0.4 is 10.1 Å². The summed E-state index contributed by atoms with van der Waals surface area (Å²) in [6.07, 6.45) is 1.12. The summed E-state index contributed by atoms with van der Waals surface area (Å²) < 4.78 is 5.37. The number of fused-ring (bicyclic) bond motifs is 3. The lowest BCUT2D eigenvalue weighted by Crippen LogP contribution is -2.87. The molecule has 106 valence electrons. The van der Waals surface area contributed by atoms with E-state index in [1.54, 1.807) is 7.11 Å². The number of nitrogens with two attached hydrogens (primary N) is 1. The number of rotatable bonds is 2. The lowest BCUT2D eigenvalue weighted by Gasteiger charge is -2.21. The van der Waals surface area contributed by atoms with E-state index < -0.39 is 0 Å². The maximum Gasteiger partial charge on any atom is 0.153 e. The van der Waals surface area contributed by atoms with Gasteiger partial charge in [-0.2, -0.15) is 0 Å². The van der Waals surface area contributed by atoms with Crippen LogP contribution in [0.15, 0.2) is 48.5 Å². The van der Waals surface area contributed by atoms with E-state index >= 15 is 0 Å². The number of ether oxygens (including phenoxy) is 1. The Morgan fingerprint density at radius 2 is 2.05 bits per heavy atom. The van der Waals surface area contributed by atoms with Crippen LogP contribution in [-0.2, 0) is 6.42 Å². The van der Waals surface area contributed by atoms with Crippen molar-refractivity contribution >= 4 is 10.9 Å². The zero-order valence-electron chi connectivity index (χ0n) is 12.1. The van der Waals surface area contributed by atoms with Crippen LogP contribution in [0.3, 0.4) is 0 Å². The lowest BCUT2D eigenvalue weighted by molar-refractivity contribution is -0.690. The molecule has 0 aliphatic carbocycles. The number of aromatic amines is 1. The van der Waals surface area contributed by atoms with Crippen molar-refractivity contribution in [2.24, 2.45) is 0 Å². The standard InChI is InChI=1S/C18H18N2O/c1-21-13-6-4-5-12(11-13)17-18-15(9-10-19-17)14-7-2-3-8-16(14)20-18/h2-8,11,17,19-20H,9-10H2,1H3/p+1/t17-/m0/s1. The van der Waals surface area contributed by atoms with Crippen LogP contribution in [0, 0.1) is 0 Å². The molecule has 1 aliphatic heterocycles. The molecule has 3 heteroatoms. The van der Waals surface area contributed by atoms with Gasteiger partial charge in [0, 0.05) is 22.9 Å². The second kappa shape index (κ2) is 4.93. The minimum absolute atomic E-state index is 0.330. The maximum absolute atomic E-state index is 5.37. The molecule has 0 spiro atoms. The quantitative estimate of drug-likeness (QED) is 0.743. The number of quaternary nitrogens is 1. The van der Waals surface area contributed by atoms with Crippen molar-refractivity contribution in [3.8, 4) is 5.75 Å². The molecule has 2 aromatic carbocycles. The normalized spacial score (nSPS) is 17.7. The summed E-state index contributed by atoms with van der Waals surface area (Å²) in [7, 11) is 1.72. The molecule has 0 radical (unpaired) electrons. The molecule has 3 N–H and O–H groups in total. The van der Waals surface area contributed by atoms with Crippen molar-refractivity contribution < 1.29 is 10.1 Å². The molecule has 0 unspecified atom stereocenters. The molecule has 4 rings (SSSR count). The van der Waals surface area contributed by atoms with Gasteiger partial charge >= 0.3 is 0 Å². The number of nitrogens with one attached hydrogen (secondary N) is 1. The van der Waals surface area contributed by atoms with E-state index in [-0.39, 0.29) is 0 Å². The first-order chi connectivity index (χ1) is 10.4. The third-order valence-electron chi connectivity index (χ3n) is 4.41. The molecule has 0 saturated carbocycles. The Kier molecular flexibility index (Phi) is 2.93. The van der Waals surface area contributed by atoms with Gasteiger partial charge in [-0.05, 0) is 23.8 Å². The van der Waals surface area contributed by atoms with Gasteiger partial charge in [-0.25, -0.2) is 0 Å². The molecule has 0 amide bonds. The van der Waals surface area contributed by atoms with Crippen molar-refractivity contribution in [3.05, 3.63) is 65.4 Å². The van der Waals surface area contributed by atoms with Gasteiger partial charge in [-0.15, -0.1) is 0 Å². The van der Waals surface area contributed by atoms with Crippen molar-refractivity contribution in [2.45, 2.75) is 12.5 Å². The minimum Gasteiger partial charge on any atom is -0.497 e. The summed E-state index contributed by atoms with van der Waals surface area (Å²) in [6.45, 7) is 1.12. The van der Waals surface area contributed by atoms with Crippen LogP contribution in [0.2, 0.25) is 0 Å². The third-order valence-corrected chi connectivity index (χ3v) is 4.41. The van der Waals surface area contributed by atoms with Crippen LogP contribution in [0.1, 0.15) is 22.9 Å². The molecule has 21 heavy (non-hydrogen) atoms. The van der Waals surface area contributed by atoms with Gasteiger partial charge in [0.1, 0.15) is 5.75 Å². The number of aromatic nitrogens is 1. The summed E-state index contributed by atoms with van der Waals surface area (Å²) in [5, 5.41) is 3.78. The summed E-state index contributed by atoms with van der Waals surface area (Å²) in [4.78, 5) is 3.63. The van der Waals surface area contributed by atoms with Crippen LogP contribution in [0.5, 0.6) is 5.75 Å². The van der Waals surface area contributed by atoms with Gasteiger partial charge in [0.25, 0.3) is 0 Å². The predicted molar refractivity (Wildman–Crippen MR) is 83.6 cm³/mol. The van der Waals surface area contributed by atoms with Crippen molar-refractivity contribution in [1.82, 2.24) is 4.98 Å². The predicted octanol–water partition coefficient (Wildman–Crippen LogP) is 2.39. The van der Waals surface area contributed by atoms with Gasteiger partial charge in [-0.3, -0.25) is 0 Å². The summed E-state index contributed by atoms with van der Waals surface area (Å²) in [5.74, 6) is 0.920. The largest absolute Gasteiger partial charge is 0.497 e. The van der Waals surface area contributed by atoms with Crippen LogP contribution in [-0.4, -0.2) is 18.6 Å². The lowest BCUT2D eigenvalue weighted by atomic mass is 9.94. The molecule has 0 saturated heterocycles. The van der Waals surface area contributed by atoms with Crippen molar-refractivity contribution in [2.75, 3.05) is 13.7 Å². The van der Waals surface area contributed by atoms with Crippen molar-refractivity contribution in [3.63, 3.8) is 0 Å². The molecule has 3 nitrogen and oxygen atoms in total. The number of hydrogen-bond donors (Lipinski definition) is 2. The van der Waals surface area contributed by atoms with Crippen LogP contribution in [0.25, 0.3) is 10.9 Å². The summed E-state index contributed by atoms with van der Waals surface area (Å²) in [6, 6.07) is 17.3. The number of hydrogen-bond acceptors (Lipinski definition) is 1. The van der Waals surface area contributed by atoms with E-state index in [9.17, 15) is 0 Å². The Morgan fingerprint density at radius 1 is 1.14 bits per heavy atom. The zero-order valence-corrected chi connectivity index (χ0v) is 12.1. The first-order valence-corrected chi connectivity index (χ1v) is 7.43. The summed E-state index contributed by atoms with van der Waals surface area (Å²) in [5.41, 5.74) is 5.35. The van der Waals surface area contributed by atoms with Gasteiger partial charge in [0.2, 0.25) is 0 Å². The summed E-state index contributed by atoms with van der Waals surface area (Å²) >= 11 is 0. The van der Waals surface area contributed by atoms with E-state index in [2.05, 4.69) is 52.8 Å². The Morgan fingerprint density at radius 3 is 2.95 bits per heavy atom. The van der Waals surface area contributed by atoms with Gasteiger partial charge in [-0.1, -0.05) is 30.3 Å². The average molecular weight is 279 g/mol. The highest BCUT2D eigenvalue weighted by Gasteiger charge is 2.28. The fourth-order valence-electron chi connectivity index (χ4n) is 3.41. The molecule has 0 fully saturated rings. The molecule has 0 bridgehead atoms. The second-order valence-electron chi connectivity index (χ2n) is 5.59. The second-order valence-corrected chi connectivity index (χ2v) is 5.59. The van der Waals surface area contributed by atoms with E-state index in [1.807, 2.05) is 6.07 Å². The highest BCUT2D eigenvalue weighted by atomic mass is 16.5. The highest BCUT2D eigenvalue weighted by molar-refractivity contribution is 5.85. The molecular weight excluding hydrogens is 260 g/mol. The Bertz CT molecular complexity index is 791. The Labute approximate surface area is 123 Å². The van der Waals surface area contributed by atoms with Crippen LogP contribution in [0.4, 0.5) is 0 Å². The van der Waals surface area contributed by atoms with Gasteiger partial charge in [0.05, 0.1) is 19.3 Å². The van der Waals surface area contributed by atoms with E-state index in [0.717, 1.165) is 18.7 Å². The number of methoxy groups -OCH3 is 1. The smallest absolute Gasteiger partial charge is 0.153 e. The van der Waals surface area contributed by atoms with Crippen molar-refractivity contribution in [1.29, 1.82) is 0 Å². The first kappa shape index (κ1) is 12.5. The molecule has 1 atom stereocenters.